The molecule has 130 valence electrons. The number of benzene rings is 1. The molecule has 3 rings (SSSR count). The lowest BCUT2D eigenvalue weighted by Crippen LogP contribution is -2.37. The van der Waals surface area contributed by atoms with Crippen LogP contribution in [0.3, 0.4) is 0 Å². The van der Waals surface area contributed by atoms with Crippen molar-refractivity contribution in [3.05, 3.63) is 48.3 Å². The second-order valence-electron chi connectivity index (χ2n) is 5.90. The van der Waals surface area contributed by atoms with Gasteiger partial charge >= 0.3 is 0 Å². The fourth-order valence-corrected chi connectivity index (χ4v) is 4.25. The number of nitrogens with zero attached hydrogens (tertiary/aromatic N) is 2. The zero-order valence-electron chi connectivity index (χ0n) is 13.4. The lowest BCUT2D eigenvalue weighted by atomic mass is 9.92. The molecule has 1 fully saturated rings. The molecule has 0 unspecified atom stereocenters. The van der Waals surface area contributed by atoms with E-state index in [1.807, 2.05) is 7.05 Å². The predicted molar refractivity (Wildman–Crippen MR) is 86.2 cm³/mol. The average Bonchev–Trinajstić information content (AvgIpc) is 2.99. The Morgan fingerprint density at radius 2 is 2.12 bits per heavy atom. The number of aromatic nitrogens is 2. The van der Waals surface area contributed by atoms with Crippen molar-refractivity contribution in [1.29, 1.82) is 0 Å². The van der Waals surface area contributed by atoms with Crippen molar-refractivity contribution in [2.75, 3.05) is 13.2 Å². The lowest BCUT2D eigenvalue weighted by Gasteiger charge is -2.30. The van der Waals surface area contributed by atoms with Gasteiger partial charge in [0, 0.05) is 32.7 Å². The molecule has 0 radical (unpaired) electrons. The molecule has 0 aliphatic carbocycles. The van der Waals surface area contributed by atoms with Crippen LogP contribution in [0.5, 0.6) is 0 Å². The van der Waals surface area contributed by atoms with Gasteiger partial charge in [0.2, 0.25) is 10.0 Å². The molecule has 6 nitrogen and oxygen atoms in total. The van der Waals surface area contributed by atoms with Crippen molar-refractivity contribution in [2.24, 2.45) is 13.0 Å². The molecular formula is C16H20FN3O3S. The van der Waals surface area contributed by atoms with Gasteiger partial charge in [0.1, 0.15) is 11.6 Å². The fourth-order valence-electron chi connectivity index (χ4n) is 2.96. The maximum atomic E-state index is 13.4. The van der Waals surface area contributed by atoms with E-state index in [1.165, 1.54) is 18.2 Å². The number of hydrogen-bond acceptors (Lipinski definition) is 4. The third-order valence-electron chi connectivity index (χ3n) is 4.26. The smallest absolute Gasteiger partial charge is 0.241 e. The summed E-state index contributed by atoms with van der Waals surface area (Å²) < 4.78 is 48.7. The van der Waals surface area contributed by atoms with Crippen LogP contribution in [0.2, 0.25) is 0 Å². The molecule has 0 spiro atoms. The molecule has 1 saturated heterocycles. The van der Waals surface area contributed by atoms with Crippen molar-refractivity contribution in [3.63, 3.8) is 0 Å². The van der Waals surface area contributed by atoms with Crippen LogP contribution in [0.15, 0.2) is 41.6 Å². The van der Waals surface area contributed by atoms with Crippen molar-refractivity contribution in [3.8, 4) is 0 Å². The number of sulfonamides is 1. The summed E-state index contributed by atoms with van der Waals surface area (Å²) in [4.78, 5) is 4.22. The molecule has 2 heterocycles. The highest BCUT2D eigenvalue weighted by Crippen LogP contribution is 2.30. The normalized spacial score (nSPS) is 17.8. The van der Waals surface area contributed by atoms with Gasteiger partial charge in [-0.05, 0) is 37.0 Å². The molecule has 0 bridgehead atoms. The van der Waals surface area contributed by atoms with Crippen LogP contribution in [-0.2, 0) is 21.8 Å². The fraction of sp³-hybridized carbons (Fsp3) is 0.438. The SMILES string of the molecule is Cn1ccnc1[C@@H](NS(=O)(=O)c1cccc(F)c1)C1CCOCC1. The summed E-state index contributed by atoms with van der Waals surface area (Å²) in [5, 5.41) is 0. The summed E-state index contributed by atoms with van der Waals surface area (Å²) in [6.45, 7) is 1.18. The van der Waals surface area contributed by atoms with Crippen molar-refractivity contribution in [1.82, 2.24) is 14.3 Å². The zero-order chi connectivity index (χ0) is 17.2. The lowest BCUT2D eigenvalue weighted by molar-refractivity contribution is 0.0551. The molecular weight excluding hydrogens is 333 g/mol. The summed E-state index contributed by atoms with van der Waals surface area (Å²) in [5.74, 6) is 0.127. The highest BCUT2D eigenvalue weighted by molar-refractivity contribution is 7.89. The number of hydrogen-bond donors (Lipinski definition) is 1. The standard InChI is InChI=1S/C16H20FN3O3S/c1-20-8-7-18-16(20)15(12-5-9-23-10-6-12)19-24(21,22)14-4-2-3-13(17)11-14/h2-4,7-8,11-12,15,19H,5-6,9-10H2,1H3/t15-/m0/s1. The van der Waals surface area contributed by atoms with Gasteiger partial charge in [0.05, 0.1) is 10.9 Å². The van der Waals surface area contributed by atoms with E-state index in [9.17, 15) is 12.8 Å². The summed E-state index contributed by atoms with van der Waals surface area (Å²) in [6.07, 6.45) is 4.89. The van der Waals surface area contributed by atoms with E-state index in [0.717, 1.165) is 18.9 Å². The summed E-state index contributed by atoms with van der Waals surface area (Å²) in [6, 6.07) is 4.51. The van der Waals surface area contributed by atoms with Gasteiger partial charge in [-0.2, -0.15) is 0 Å². The first-order valence-corrected chi connectivity index (χ1v) is 9.28. The second kappa shape index (κ2) is 7.00. The van der Waals surface area contributed by atoms with Crippen LogP contribution in [0, 0.1) is 11.7 Å². The molecule has 24 heavy (non-hydrogen) atoms. The van der Waals surface area contributed by atoms with Gasteiger partial charge in [-0.3, -0.25) is 0 Å². The molecule has 1 atom stereocenters. The van der Waals surface area contributed by atoms with E-state index in [2.05, 4.69) is 9.71 Å². The van der Waals surface area contributed by atoms with Gasteiger partial charge in [0.15, 0.2) is 0 Å². The molecule has 2 aromatic rings. The quantitative estimate of drug-likeness (QED) is 0.892. The first-order valence-electron chi connectivity index (χ1n) is 7.80. The van der Waals surface area contributed by atoms with E-state index in [-0.39, 0.29) is 10.8 Å². The van der Waals surface area contributed by atoms with E-state index >= 15 is 0 Å². The van der Waals surface area contributed by atoms with Crippen LogP contribution in [0.25, 0.3) is 0 Å². The average molecular weight is 353 g/mol. The van der Waals surface area contributed by atoms with Gasteiger partial charge < -0.3 is 9.30 Å². The molecule has 8 heteroatoms. The summed E-state index contributed by atoms with van der Waals surface area (Å²) in [7, 11) is -2.03. The Morgan fingerprint density at radius 1 is 1.38 bits per heavy atom. The third-order valence-corrected chi connectivity index (χ3v) is 5.70. The van der Waals surface area contributed by atoms with Crippen LogP contribution < -0.4 is 4.72 Å². The summed E-state index contributed by atoms with van der Waals surface area (Å²) >= 11 is 0. The minimum absolute atomic E-state index is 0.0724. The van der Waals surface area contributed by atoms with E-state index in [0.29, 0.717) is 19.0 Å². The highest BCUT2D eigenvalue weighted by atomic mass is 32.2. The molecule has 1 N–H and O–H groups in total. The Hall–Kier alpha value is -1.77. The number of nitrogens with one attached hydrogen (secondary N) is 1. The maximum Gasteiger partial charge on any atom is 0.241 e. The zero-order valence-corrected chi connectivity index (χ0v) is 14.2. The highest BCUT2D eigenvalue weighted by Gasteiger charge is 2.32. The molecule has 1 aromatic heterocycles. The van der Waals surface area contributed by atoms with E-state index < -0.39 is 21.9 Å². The van der Waals surface area contributed by atoms with Crippen LogP contribution in [0.4, 0.5) is 4.39 Å². The van der Waals surface area contributed by atoms with Gasteiger partial charge in [-0.15, -0.1) is 0 Å². The van der Waals surface area contributed by atoms with E-state index in [4.69, 9.17) is 4.74 Å². The number of ether oxygens (including phenoxy) is 1. The Labute approximate surface area is 140 Å². The third kappa shape index (κ3) is 3.66. The predicted octanol–water partition coefficient (Wildman–Crippen LogP) is 2.01. The van der Waals surface area contributed by atoms with Gasteiger partial charge in [-0.1, -0.05) is 6.07 Å². The maximum absolute atomic E-state index is 13.4. The molecule has 1 aromatic carbocycles. The van der Waals surface area contributed by atoms with Crippen molar-refractivity contribution < 1.29 is 17.5 Å². The van der Waals surface area contributed by atoms with Crippen LogP contribution in [-0.4, -0.2) is 31.2 Å². The molecule has 1 aliphatic heterocycles. The summed E-state index contributed by atoms with van der Waals surface area (Å²) in [5.41, 5.74) is 0. The number of rotatable bonds is 5. The van der Waals surface area contributed by atoms with Crippen molar-refractivity contribution in [2.45, 2.75) is 23.8 Å². The first-order chi connectivity index (χ1) is 11.5. The Balaban J connectivity index is 1.92. The van der Waals surface area contributed by atoms with Crippen molar-refractivity contribution >= 4 is 10.0 Å². The monoisotopic (exact) mass is 353 g/mol. The minimum atomic E-state index is -3.86. The number of halogens is 1. The Bertz CT molecular complexity index is 800. The largest absolute Gasteiger partial charge is 0.381 e. The second-order valence-corrected chi connectivity index (χ2v) is 7.62. The molecule has 0 saturated carbocycles. The molecule has 1 aliphatic rings. The Kier molecular flexibility index (Phi) is 4.98. The number of imidazole rings is 1. The van der Waals surface area contributed by atoms with Crippen LogP contribution in [0.1, 0.15) is 24.7 Å². The molecule has 0 amide bonds. The minimum Gasteiger partial charge on any atom is -0.381 e. The first kappa shape index (κ1) is 17.1. The Morgan fingerprint density at radius 3 is 2.75 bits per heavy atom. The van der Waals surface area contributed by atoms with Crippen LogP contribution >= 0.6 is 0 Å². The van der Waals surface area contributed by atoms with E-state index in [1.54, 1.807) is 17.0 Å². The number of aryl methyl sites for hydroxylation is 1. The van der Waals surface area contributed by atoms with Gasteiger partial charge in [-0.25, -0.2) is 22.5 Å². The van der Waals surface area contributed by atoms with Gasteiger partial charge in [0.25, 0.3) is 0 Å². The topological polar surface area (TPSA) is 73.2 Å².